The molecule has 2 rings (SSSR count). The standard InChI is InChI=1S/C11H15NO/c12-7-5-9-3-1-2-4-11-10(9)6-8-13-11/h1-2,4H,3,5-8,12H2. The summed E-state index contributed by atoms with van der Waals surface area (Å²) in [7, 11) is 0. The lowest BCUT2D eigenvalue weighted by Gasteiger charge is -2.06. The van der Waals surface area contributed by atoms with Crippen molar-refractivity contribution in [2.24, 2.45) is 5.73 Å². The monoisotopic (exact) mass is 177 g/mol. The van der Waals surface area contributed by atoms with E-state index in [1.165, 1.54) is 11.1 Å². The van der Waals surface area contributed by atoms with Gasteiger partial charge in [-0.05, 0) is 31.0 Å². The largest absolute Gasteiger partial charge is 0.493 e. The maximum absolute atomic E-state index is 5.57. The van der Waals surface area contributed by atoms with Crippen molar-refractivity contribution in [2.75, 3.05) is 13.2 Å². The number of fused-ring (bicyclic) bond motifs is 1. The van der Waals surface area contributed by atoms with Crippen molar-refractivity contribution < 1.29 is 4.74 Å². The Morgan fingerprint density at radius 2 is 2.38 bits per heavy atom. The minimum atomic E-state index is 0.736. The van der Waals surface area contributed by atoms with Gasteiger partial charge in [-0.15, -0.1) is 0 Å². The molecule has 1 heterocycles. The summed E-state index contributed by atoms with van der Waals surface area (Å²) < 4.78 is 5.52. The van der Waals surface area contributed by atoms with Crippen LogP contribution in [0.15, 0.2) is 35.1 Å². The maximum Gasteiger partial charge on any atom is 0.122 e. The average molecular weight is 177 g/mol. The van der Waals surface area contributed by atoms with Gasteiger partial charge in [-0.25, -0.2) is 0 Å². The Morgan fingerprint density at radius 3 is 3.23 bits per heavy atom. The number of nitrogens with two attached hydrogens (primary N) is 1. The molecule has 2 aliphatic rings. The van der Waals surface area contributed by atoms with Crippen LogP contribution in [0.4, 0.5) is 0 Å². The van der Waals surface area contributed by atoms with Gasteiger partial charge in [0, 0.05) is 6.42 Å². The van der Waals surface area contributed by atoms with Gasteiger partial charge in [0.2, 0.25) is 0 Å². The topological polar surface area (TPSA) is 35.2 Å². The molecule has 70 valence electrons. The smallest absolute Gasteiger partial charge is 0.122 e. The molecule has 2 nitrogen and oxygen atoms in total. The molecule has 0 aromatic heterocycles. The van der Waals surface area contributed by atoms with Crippen LogP contribution in [0.5, 0.6) is 0 Å². The van der Waals surface area contributed by atoms with E-state index in [1.54, 1.807) is 0 Å². The summed E-state index contributed by atoms with van der Waals surface area (Å²) in [5.41, 5.74) is 8.43. The van der Waals surface area contributed by atoms with Gasteiger partial charge in [0.1, 0.15) is 5.76 Å². The molecule has 0 bridgehead atoms. The Bertz CT molecular complexity index is 286. The lowest BCUT2D eigenvalue weighted by Crippen LogP contribution is -2.02. The summed E-state index contributed by atoms with van der Waals surface area (Å²) in [6.45, 7) is 1.57. The first-order valence-electron chi connectivity index (χ1n) is 4.83. The molecule has 13 heavy (non-hydrogen) atoms. The summed E-state index contributed by atoms with van der Waals surface area (Å²) in [5, 5.41) is 0. The molecule has 0 amide bonds. The maximum atomic E-state index is 5.57. The Hall–Kier alpha value is -1.02. The third-order valence-corrected chi connectivity index (χ3v) is 2.53. The molecule has 0 spiro atoms. The first-order chi connectivity index (χ1) is 6.42. The molecule has 2 heteroatoms. The van der Waals surface area contributed by atoms with Crippen molar-refractivity contribution >= 4 is 0 Å². The van der Waals surface area contributed by atoms with Gasteiger partial charge in [-0.1, -0.05) is 17.7 Å². The van der Waals surface area contributed by atoms with Crippen LogP contribution >= 0.6 is 0 Å². The van der Waals surface area contributed by atoms with Gasteiger partial charge in [-0.2, -0.15) is 0 Å². The number of hydrogen-bond donors (Lipinski definition) is 1. The van der Waals surface area contributed by atoms with Gasteiger partial charge in [0.15, 0.2) is 0 Å². The minimum Gasteiger partial charge on any atom is -0.493 e. The van der Waals surface area contributed by atoms with E-state index in [4.69, 9.17) is 10.5 Å². The number of hydrogen-bond acceptors (Lipinski definition) is 2. The van der Waals surface area contributed by atoms with E-state index in [0.29, 0.717) is 0 Å². The fourth-order valence-corrected chi connectivity index (χ4v) is 1.89. The average Bonchev–Trinajstić information content (AvgIpc) is 2.52. The fraction of sp³-hybridized carbons (Fsp3) is 0.455. The quantitative estimate of drug-likeness (QED) is 0.699. The Kier molecular flexibility index (Phi) is 2.50. The predicted octanol–water partition coefficient (Wildman–Crippen LogP) is 1.90. The van der Waals surface area contributed by atoms with E-state index >= 15 is 0 Å². The molecule has 0 radical (unpaired) electrons. The molecule has 0 unspecified atom stereocenters. The number of allylic oxidation sites excluding steroid dienone is 4. The highest BCUT2D eigenvalue weighted by molar-refractivity contribution is 5.39. The second-order valence-electron chi connectivity index (χ2n) is 3.38. The van der Waals surface area contributed by atoms with Crippen molar-refractivity contribution in [3.8, 4) is 0 Å². The summed E-state index contributed by atoms with van der Waals surface area (Å²) in [6, 6.07) is 0. The molecule has 1 saturated heterocycles. The molecule has 0 aromatic rings. The van der Waals surface area contributed by atoms with Crippen molar-refractivity contribution in [3.05, 3.63) is 35.1 Å². The van der Waals surface area contributed by atoms with Gasteiger partial charge in [0.25, 0.3) is 0 Å². The van der Waals surface area contributed by atoms with Crippen molar-refractivity contribution in [3.63, 3.8) is 0 Å². The van der Waals surface area contributed by atoms with E-state index in [9.17, 15) is 0 Å². The molecule has 1 fully saturated rings. The highest BCUT2D eigenvalue weighted by Gasteiger charge is 2.19. The third-order valence-electron chi connectivity index (χ3n) is 2.53. The molecule has 0 atom stereocenters. The summed E-state index contributed by atoms with van der Waals surface area (Å²) in [6.07, 6.45) is 9.40. The number of ether oxygens (including phenoxy) is 1. The highest BCUT2D eigenvalue weighted by Crippen LogP contribution is 2.31. The van der Waals surface area contributed by atoms with Crippen LogP contribution in [0.25, 0.3) is 0 Å². The molecular formula is C11H15NO. The van der Waals surface area contributed by atoms with Gasteiger partial charge in [-0.3, -0.25) is 0 Å². The highest BCUT2D eigenvalue weighted by atomic mass is 16.5. The van der Waals surface area contributed by atoms with Crippen LogP contribution in [0.3, 0.4) is 0 Å². The van der Waals surface area contributed by atoms with Crippen LogP contribution in [0.2, 0.25) is 0 Å². The van der Waals surface area contributed by atoms with Crippen LogP contribution in [0.1, 0.15) is 19.3 Å². The van der Waals surface area contributed by atoms with Gasteiger partial charge in [0.05, 0.1) is 6.61 Å². The lowest BCUT2D eigenvalue weighted by atomic mass is 10.0. The minimum absolute atomic E-state index is 0.736. The molecular weight excluding hydrogens is 162 g/mol. The Morgan fingerprint density at radius 1 is 1.46 bits per heavy atom. The first kappa shape index (κ1) is 8.57. The second-order valence-corrected chi connectivity index (χ2v) is 3.38. The van der Waals surface area contributed by atoms with E-state index in [0.717, 1.165) is 38.2 Å². The van der Waals surface area contributed by atoms with E-state index < -0.39 is 0 Å². The SMILES string of the molecule is NCCC1=C2CCOC2=CC=CC1. The lowest BCUT2D eigenvalue weighted by molar-refractivity contribution is 0.265. The van der Waals surface area contributed by atoms with E-state index in [2.05, 4.69) is 18.2 Å². The first-order valence-corrected chi connectivity index (χ1v) is 4.83. The zero-order valence-electron chi connectivity index (χ0n) is 7.75. The van der Waals surface area contributed by atoms with Crippen molar-refractivity contribution in [1.82, 2.24) is 0 Å². The van der Waals surface area contributed by atoms with Crippen LogP contribution in [0, 0.1) is 0 Å². The normalized spacial score (nSPS) is 20.8. The predicted molar refractivity (Wildman–Crippen MR) is 53.1 cm³/mol. The molecule has 0 saturated carbocycles. The van der Waals surface area contributed by atoms with Crippen LogP contribution in [-0.2, 0) is 4.74 Å². The zero-order valence-corrected chi connectivity index (χ0v) is 7.75. The third kappa shape index (κ3) is 1.68. The summed E-state index contributed by atoms with van der Waals surface area (Å²) >= 11 is 0. The summed E-state index contributed by atoms with van der Waals surface area (Å²) in [5.74, 6) is 1.07. The fourth-order valence-electron chi connectivity index (χ4n) is 1.89. The molecule has 1 aliphatic carbocycles. The Balaban J connectivity index is 2.30. The zero-order chi connectivity index (χ0) is 9.10. The number of rotatable bonds is 2. The second kappa shape index (κ2) is 3.79. The van der Waals surface area contributed by atoms with Gasteiger partial charge < -0.3 is 10.5 Å². The Labute approximate surface area is 78.8 Å². The van der Waals surface area contributed by atoms with E-state index in [1.807, 2.05) is 0 Å². The molecule has 1 aliphatic heterocycles. The van der Waals surface area contributed by atoms with Crippen LogP contribution < -0.4 is 5.73 Å². The summed E-state index contributed by atoms with van der Waals surface area (Å²) in [4.78, 5) is 0. The van der Waals surface area contributed by atoms with E-state index in [-0.39, 0.29) is 0 Å². The van der Waals surface area contributed by atoms with Crippen molar-refractivity contribution in [1.29, 1.82) is 0 Å². The molecule has 2 N–H and O–H groups in total. The molecule has 0 aromatic carbocycles. The van der Waals surface area contributed by atoms with Gasteiger partial charge >= 0.3 is 0 Å². The van der Waals surface area contributed by atoms with Crippen molar-refractivity contribution in [2.45, 2.75) is 19.3 Å². The van der Waals surface area contributed by atoms with Crippen LogP contribution in [-0.4, -0.2) is 13.2 Å².